The zero-order chi connectivity index (χ0) is 24.0. The van der Waals surface area contributed by atoms with Gasteiger partial charge < -0.3 is 5.32 Å². The molecule has 5 rings (SSSR count). The predicted octanol–water partition coefficient (Wildman–Crippen LogP) is 4.64. The Kier molecular flexibility index (Phi) is 5.48. The first kappa shape index (κ1) is 22.3. The first-order valence-electron chi connectivity index (χ1n) is 11.3. The molecule has 1 aliphatic rings. The summed E-state index contributed by atoms with van der Waals surface area (Å²) in [6.45, 7) is 5.84. The summed E-state index contributed by atoms with van der Waals surface area (Å²) in [5.74, 6) is -0.0903. The van der Waals surface area contributed by atoms with Crippen molar-refractivity contribution in [3.05, 3.63) is 77.0 Å². The monoisotopic (exact) mass is 474 g/mol. The van der Waals surface area contributed by atoms with Crippen molar-refractivity contribution < 1.29 is 13.2 Å². The van der Waals surface area contributed by atoms with E-state index in [4.69, 9.17) is 4.98 Å². The molecule has 1 atom stereocenters. The van der Waals surface area contributed by atoms with E-state index < -0.39 is 9.84 Å². The van der Waals surface area contributed by atoms with E-state index in [1.807, 2.05) is 69.3 Å². The van der Waals surface area contributed by atoms with E-state index in [0.717, 1.165) is 16.7 Å². The van der Waals surface area contributed by atoms with Crippen molar-refractivity contribution in [3.8, 4) is 11.3 Å². The van der Waals surface area contributed by atoms with Crippen LogP contribution < -0.4 is 5.32 Å². The molecular formula is C26H26N4O3S. The number of aromatic nitrogens is 3. The molecule has 1 N–H and O–H groups in total. The first-order chi connectivity index (χ1) is 16.2. The van der Waals surface area contributed by atoms with E-state index >= 15 is 0 Å². The molecule has 8 heteroatoms. The lowest BCUT2D eigenvalue weighted by Gasteiger charge is -2.12. The minimum Gasteiger partial charge on any atom is -0.322 e. The van der Waals surface area contributed by atoms with Gasteiger partial charge in [0.25, 0.3) is 5.91 Å². The molecule has 0 bridgehead atoms. The highest BCUT2D eigenvalue weighted by Crippen LogP contribution is 2.32. The van der Waals surface area contributed by atoms with E-state index in [1.165, 1.54) is 0 Å². The van der Waals surface area contributed by atoms with Crippen molar-refractivity contribution in [2.24, 2.45) is 0 Å². The summed E-state index contributed by atoms with van der Waals surface area (Å²) in [6, 6.07) is 17.1. The molecule has 2 aromatic heterocycles. The third-order valence-corrected chi connectivity index (χ3v) is 8.04. The van der Waals surface area contributed by atoms with Gasteiger partial charge in [-0.25, -0.2) is 18.1 Å². The molecular weight excluding hydrogens is 448 g/mol. The fourth-order valence-electron chi connectivity index (χ4n) is 4.42. The standard InChI is InChI=1S/C26H26N4O3S/c1-16-4-8-19(9-5-16)23-14-22(26(31)27-20-10-6-17(2)7-11-20)24-18(3)29-30(25(24)28-23)21-12-13-34(32,33)15-21/h4-11,14,21H,12-13,15H2,1-3H3,(H,27,31)/t21-/m1/s1. The van der Waals surface area contributed by atoms with E-state index in [-0.39, 0.29) is 23.5 Å². The highest BCUT2D eigenvalue weighted by molar-refractivity contribution is 7.91. The molecule has 0 saturated carbocycles. The van der Waals surface area contributed by atoms with Crippen LogP contribution in [0.15, 0.2) is 54.6 Å². The third kappa shape index (κ3) is 4.21. The fourth-order valence-corrected chi connectivity index (χ4v) is 6.11. The Morgan fingerprint density at radius 1 is 1.00 bits per heavy atom. The zero-order valence-corrected chi connectivity index (χ0v) is 20.2. The lowest BCUT2D eigenvalue weighted by Crippen LogP contribution is -2.15. The number of hydrogen-bond donors (Lipinski definition) is 1. The Balaban J connectivity index is 1.67. The molecule has 0 radical (unpaired) electrons. The zero-order valence-electron chi connectivity index (χ0n) is 19.4. The van der Waals surface area contributed by atoms with Crippen molar-refractivity contribution in [2.75, 3.05) is 16.8 Å². The van der Waals surface area contributed by atoms with Crippen LogP contribution in [0, 0.1) is 20.8 Å². The number of pyridine rings is 1. The van der Waals surface area contributed by atoms with Crippen molar-refractivity contribution >= 4 is 32.5 Å². The van der Waals surface area contributed by atoms with Gasteiger partial charge in [0.1, 0.15) is 0 Å². The molecule has 3 heterocycles. The summed E-state index contributed by atoms with van der Waals surface area (Å²) in [5, 5.41) is 8.29. The molecule has 174 valence electrons. The van der Waals surface area contributed by atoms with Gasteiger partial charge in [0.15, 0.2) is 15.5 Å². The summed E-state index contributed by atoms with van der Waals surface area (Å²) in [4.78, 5) is 18.3. The Morgan fingerprint density at radius 3 is 2.26 bits per heavy atom. The molecule has 1 amide bonds. The fraction of sp³-hybridized carbons (Fsp3) is 0.269. The maximum Gasteiger partial charge on any atom is 0.256 e. The number of aryl methyl sites for hydroxylation is 3. The van der Waals surface area contributed by atoms with Crippen molar-refractivity contribution in [1.29, 1.82) is 0 Å². The van der Waals surface area contributed by atoms with Crippen LogP contribution in [-0.4, -0.2) is 40.6 Å². The smallest absolute Gasteiger partial charge is 0.256 e. The maximum atomic E-state index is 13.5. The topological polar surface area (TPSA) is 93.9 Å². The van der Waals surface area contributed by atoms with E-state index in [0.29, 0.717) is 40.1 Å². The van der Waals surface area contributed by atoms with Gasteiger partial charge in [-0.1, -0.05) is 47.5 Å². The van der Waals surface area contributed by atoms with E-state index in [1.54, 1.807) is 10.7 Å². The number of amides is 1. The number of hydrogen-bond acceptors (Lipinski definition) is 5. The van der Waals surface area contributed by atoms with Gasteiger partial charge in [-0.05, 0) is 45.4 Å². The SMILES string of the molecule is Cc1ccc(NC(=O)c2cc(-c3ccc(C)cc3)nc3c2c(C)nn3[C@@H]2CCS(=O)(=O)C2)cc1. The highest BCUT2D eigenvalue weighted by Gasteiger charge is 2.32. The maximum absolute atomic E-state index is 13.5. The second kappa shape index (κ2) is 8.36. The number of nitrogens with zero attached hydrogens (tertiary/aromatic N) is 3. The summed E-state index contributed by atoms with van der Waals surface area (Å²) >= 11 is 0. The minimum atomic E-state index is -3.11. The predicted molar refractivity (Wildman–Crippen MR) is 134 cm³/mol. The second-order valence-corrected chi connectivity index (χ2v) is 11.3. The Hall–Kier alpha value is -3.52. The molecule has 2 aromatic carbocycles. The van der Waals surface area contributed by atoms with Crippen molar-refractivity contribution in [1.82, 2.24) is 14.8 Å². The highest BCUT2D eigenvalue weighted by atomic mass is 32.2. The van der Waals surface area contributed by atoms with Crippen molar-refractivity contribution in [3.63, 3.8) is 0 Å². The molecule has 34 heavy (non-hydrogen) atoms. The molecule has 1 aliphatic heterocycles. The van der Waals surface area contributed by atoms with Gasteiger partial charge in [0, 0.05) is 11.3 Å². The molecule has 1 fully saturated rings. The third-order valence-electron chi connectivity index (χ3n) is 6.29. The molecule has 0 spiro atoms. The van der Waals surface area contributed by atoms with Gasteiger partial charge >= 0.3 is 0 Å². The molecule has 7 nitrogen and oxygen atoms in total. The number of sulfone groups is 1. The van der Waals surface area contributed by atoms with Crippen LogP contribution in [0.4, 0.5) is 5.69 Å². The molecule has 0 unspecified atom stereocenters. The van der Waals surface area contributed by atoms with Crippen LogP contribution in [0.25, 0.3) is 22.3 Å². The molecule has 1 saturated heterocycles. The number of fused-ring (bicyclic) bond motifs is 1. The minimum absolute atomic E-state index is 0.0323. The second-order valence-electron chi connectivity index (χ2n) is 9.03. The Morgan fingerprint density at radius 2 is 1.65 bits per heavy atom. The summed E-state index contributed by atoms with van der Waals surface area (Å²) < 4.78 is 26.0. The largest absolute Gasteiger partial charge is 0.322 e. The van der Waals surface area contributed by atoms with Gasteiger partial charge in [-0.3, -0.25) is 4.79 Å². The summed E-state index contributed by atoms with van der Waals surface area (Å²) in [6.07, 6.45) is 0.486. The van der Waals surface area contributed by atoms with Gasteiger partial charge in [0.05, 0.1) is 39.9 Å². The van der Waals surface area contributed by atoms with Crippen LogP contribution >= 0.6 is 0 Å². The van der Waals surface area contributed by atoms with Crippen LogP contribution in [0.1, 0.15) is 39.6 Å². The van der Waals surface area contributed by atoms with Crippen LogP contribution in [0.5, 0.6) is 0 Å². The quantitative estimate of drug-likeness (QED) is 0.465. The number of carbonyl (C=O) groups excluding carboxylic acids is 1. The molecule has 4 aromatic rings. The van der Waals surface area contributed by atoms with E-state index in [2.05, 4.69) is 10.4 Å². The Bertz CT molecular complexity index is 1500. The lowest BCUT2D eigenvalue weighted by atomic mass is 10.0. The van der Waals surface area contributed by atoms with Crippen LogP contribution in [-0.2, 0) is 9.84 Å². The van der Waals surface area contributed by atoms with E-state index in [9.17, 15) is 13.2 Å². The van der Waals surface area contributed by atoms with Gasteiger partial charge in [-0.15, -0.1) is 0 Å². The number of carbonyl (C=O) groups is 1. The normalized spacial score (nSPS) is 17.2. The van der Waals surface area contributed by atoms with Gasteiger partial charge in [0.2, 0.25) is 0 Å². The lowest BCUT2D eigenvalue weighted by molar-refractivity contribution is 0.102. The molecule has 0 aliphatic carbocycles. The summed E-state index contributed by atoms with van der Waals surface area (Å²) in [5.41, 5.74) is 6.09. The number of nitrogens with one attached hydrogen (secondary N) is 1. The van der Waals surface area contributed by atoms with Gasteiger partial charge in [-0.2, -0.15) is 5.10 Å². The van der Waals surface area contributed by atoms with Crippen molar-refractivity contribution in [2.45, 2.75) is 33.2 Å². The number of rotatable bonds is 4. The average Bonchev–Trinajstić information content (AvgIpc) is 3.34. The first-order valence-corrected chi connectivity index (χ1v) is 13.1. The Labute approximate surface area is 198 Å². The van der Waals surface area contributed by atoms with Crippen LogP contribution in [0.3, 0.4) is 0 Å². The number of benzene rings is 2. The average molecular weight is 475 g/mol. The summed E-state index contributed by atoms with van der Waals surface area (Å²) in [7, 11) is -3.11. The number of anilines is 1. The van der Waals surface area contributed by atoms with Crippen LogP contribution in [0.2, 0.25) is 0 Å².